The van der Waals surface area contributed by atoms with E-state index in [-0.39, 0.29) is 24.3 Å². The Balaban J connectivity index is 1.14. The number of amides is 3. The van der Waals surface area contributed by atoms with E-state index in [0.29, 0.717) is 41.3 Å². The van der Waals surface area contributed by atoms with E-state index in [1.807, 2.05) is 36.4 Å². The first-order chi connectivity index (χ1) is 19.0. The number of rotatable bonds is 9. The zero-order chi connectivity index (χ0) is 27.0. The van der Waals surface area contributed by atoms with Gasteiger partial charge in [0, 0.05) is 53.9 Å². The number of anilines is 1. The van der Waals surface area contributed by atoms with Crippen LogP contribution in [-0.2, 0) is 16.1 Å². The molecule has 0 unspecified atom stereocenters. The maximum absolute atomic E-state index is 12.8. The van der Waals surface area contributed by atoms with Crippen molar-refractivity contribution in [3.05, 3.63) is 96.6 Å². The third-order valence-electron chi connectivity index (χ3n) is 6.06. The lowest BCUT2D eigenvalue weighted by Gasteiger charge is -2.09. The molecule has 3 N–H and O–H groups in total. The van der Waals surface area contributed by atoms with E-state index in [2.05, 4.69) is 31.0 Å². The highest BCUT2D eigenvalue weighted by molar-refractivity contribution is 6.04. The molecule has 4 aromatic rings. The first-order valence-electron chi connectivity index (χ1n) is 12.6. The normalized spacial score (nSPS) is 12.6. The van der Waals surface area contributed by atoms with Crippen molar-refractivity contribution < 1.29 is 14.4 Å². The van der Waals surface area contributed by atoms with Gasteiger partial charge in [0.15, 0.2) is 0 Å². The lowest BCUT2D eigenvalue weighted by molar-refractivity contribution is -0.122. The number of nitrogens with one attached hydrogen (secondary N) is 3. The number of carbonyl (C=O) groups is 3. The van der Waals surface area contributed by atoms with Crippen molar-refractivity contribution in [1.82, 2.24) is 30.4 Å². The minimum absolute atomic E-state index is 0.0317. The summed E-state index contributed by atoms with van der Waals surface area (Å²) in [5.41, 5.74) is 3.78. The SMILES string of the molecule is O=C(Cn1cc2cc(NC(=O)c3cccc(-c4ccncc4)n3)ccc2n1)NCCNC(=O)C1=CCCC=C1. The number of aromatic nitrogens is 4. The maximum Gasteiger partial charge on any atom is 0.274 e. The lowest BCUT2D eigenvalue weighted by Crippen LogP contribution is -2.36. The predicted octanol–water partition coefficient (Wildman–Crippen LogP) is 3.25. The lowest BCUT2D eigenvalue weighted by atomic mass is 10.1. The number of hydrogen-bond acceptors (Lipinski definition) is 6. The fourth-order valence-corrected chi connectivity index (χ4v) is 4.14. The van der Waals surface area contributed by atoms with Crippen LogP contribution in [0.5, 0.6) is 0 Å². The molecule has 0 radical (unpaired) electrons. The second-order valence-corrected chi connectivity index (χ2v) is 8.94. The molecule has 1 aromatic carbocycles. The van der Waals surface area contributed by atoms with Gasteiger partial charge in [-0.05, 0) is 55.3 Å². The summed E-state index contributed by atoms with van der Waals surface area (Å²) in [6.45, 7) is 0.680. The molecule has 10 heteroatoms. The molecule has 0 aliphatic heterocycles. The molecule has 5 rings (SSSR count). The Morgan fingerprint density at radius 2 is 1.77 bits per heavy atom. The third-order valence-corrected chi connectivity index (χ3v) is 6.06. The summed E-state index contributed by atoms with van der Waals surface area (Å²) < 4.78 is 1.54. The minimum atomic E-state index is -0.333. The number of allylic oxidation sites excluding steroid dienone is 2. The molecule has 3 heterocycles. The monoisotopic (exact) mass is 521 g/mol. The quantitative estimate of drug-likeness (QED) is 0.290. The molecule has 0 bridgehead atoms. The van der Waals surface area contributed by atoms with E-state index in [4.69, 9.17) is 0 Å². The second kappa shape index (κ2) is 12.0. The van der Waals surface area contributed by atoms with Crippen LogP contribution in [0.15, 0.2) is 90.9 Å². The number of pyridine rings is 2. The molecule has 1 aliphatic rings. The van der Waals surface area contributed by atoms with Crippen LogP contribution in [0.25, 0.3) is 22.2 Å². The summed E-state index contributed by atoms with van der Waals surface area (Å²) in [4.78, 5) is 45.8. The van der Waals surface area contributed by atoms with E-state index in [9.17, 15) is 14.4 Å². The van der Waals surface area contributed by atoms with E-state index >= 15 is 0 Å². The molecule has 10 nitrogen and oxygen atoms in total. The molecule has 3 aromatic heterocycles. The van der Waals surface area contributed by atoms with E-state index in [1.54, 1.807) is 53.6 Å². The molecular weight excluding hydrogens is 494 g/mol. The minimum Gasteiger partial charge on any atom is -0.353 e. The van der Waals surface area contributed by atoms with Crippen molar-refractivity contribution in [2.45, 2.75) is 19.4 Å². The Labute approximate surface area is 224 Å². The van der Waals surface area contributed by atoms with Crippen molar-refractivity contribution in [3.8, 4) is 11.3 Å². The summed E-state index contributed by atoms with van der Waals surface area (Å²) >= 11 is 0. The van der Waals surface area contributed by atoms with Gasteiger partial charge in [0.25, 0.3) is 11.8 Å². The first-order valence-corrected chi connectivity index (χ1v) is 12.6. The van der Waals surface area contributed by atoms with Crippen molar-refractivity contribution in [2.24, 2.45) is 0 Å². The van der Waals surface area contributed by atoms with Gasteiger partial charge in [0.2, 0.25) is 5.91 Å². The van der Waals surface area contributed by atoms with Gasteiger partial charge in [-0.1, -0.05) is 24.3 Å². The highest BCUT2D eigenvalue weighted by Gasteiger charge is 2.12. The molecule has 0 fully saturated rings. The van der Waals surface area contributed by atoms with Crippen molar-refractivity contribution >= 4 is 34.3 Å². The number of fused-ring (bicyclic) bond motifs is 1. The van der Waals surface area contributed by atoms with Crippen LogP contribution >= 0.6 is 0 Å². The fourth-order valence-electron chi connectivity index (χ4n) is 4.14. The van der Waals surface area contributed by atoms with Crippen LogP contribution in [0.3, 0.4) is 0 Å². The molecule has 1 aliphatic carbocycles. The van der Waals surface area contributed by atoms with Crippen LogP contribution in [0.1, 0.15) is 23.3 Å². The summed E-state index contributed by atoms with van der Waals surface area (Å²) in [6, 6.07) is 14.3. The van der Waals surface area contributed by atoms with Crippen LogP contribution < -0.4 is 16.0 Å². The molecule has 0 atom stereocenters. The smallest absolute Gasteiger partial charge is 0.274 e. The molecular formula is C29H27N7O3. The van der Waals surface area contributed by atoms with Crippen LogP contribution in [0.2, 0.25) is 0 Å². The number of benzene rings is 1. The van der Waals surface area contributed by atoms with Crippen LogP contribution in [0, 0.1) is 0 Å². The molecule has 3 amide bonds. The number of nitrogens with zero attached hydrogens (tertiary/aromatic N) is 4. The Bertz CT molecular complexity index is 1570. The third kappa shape index (κ3) is 6.61. The van der Waals surface area contributed by atoms with Crippen LogP contribution in [-0.4, -0.2) is 50.6 Å². The van der Waals surface area contributed by atoms with E-state index in [0.717, 1.165) is 23.8 Å². The van der Waals surface area contributed by atoms with Gasteiger partial charge in [0.1, 0.15) is 12.2 Å². The van der Waals surface area contributed by atoms with Gasteiger partial charge >= 0.3 is 0 Å². The molecule has 0 saturated carbocycles. The largest absolute Gasteiger partial charge is 0.353 e. The topological polar surface area (TPSA) is 131 Å². The van der Waals surface area contributed by atoms with Crippen molar-refractivity contribution in [1.29, 1.82) is 0 Å². The second-order valence-electron chi connectivity index (χ2n) is 8.94. The number of carbonyl (C=O) groups excluding carboxylic acids is 3. The Kier molecular flexibility index (Phi) is 7.82. The van der Waals surface area contributed by atoms with Crippen LogP contribution in [0.4, 0.5) is 5.69 Å². The number of hydrogen-bond donors (Lipinski definition) is 3. The van der Waals surface area contributed by atoms with Gasteiger partial charge in [-0.2, -0.15) is 5.10 Å². The van der Waals surface area contributed by atoms with E-state index in [1.165, 1.54) is 0 Å². The van der Waals surface area contributed by atoms with Crippen molar-refractivity contribution in [3.63, 3.8) is 0 Å². The predicted molar refractivity (Wildman–Crippen MR) is 148 cm³/mol. The Hall–Kier alpha value is -5.12. The fraction of sp³-hybridized carbons (Fsp3) is 0.172. The first kappa shape index (κ1) is 25.5. The average Bonchev–Trinajstić information content (AvgIpc) is 3.37. The summed E-state index contributed by atoms with van der Waals surface area (Å²) in [6.07, 6.45) is 12.6. The maximum atomic E-state index is 12.8. The van der Waals surface area contributed by atoms with Gasteiger partial charge in [0.05, 0.1) is 11.2 Å². The molecule has 0 spiro atoms. The summed E-state index contributed by atoms with van der Waals surface area (Å²) in [7, 11) is 0. The zero-order valence-electron chi connectivity index (χ0n) is 21.1. The highest BCUT2D eigenvalue weighted by Crippen LogP contribution is 2.20. The zero-order valence-corrected chi connectivity index (χ0v) is 21.1. The van der Waals surface area contributed by atoms with Gasteiger partial charge in [-0.15, -0.1) is 0 Å². The Morgan fingerprint density at radius 1 is 0.923 bits per heavy atom. The van der Waals surface area contributed by atoms with Gasteiger partial charge in [-0.3, -0.25) is 24.0 Å². The van der Waals surface area contributed by atoms with Gasteiger partial charge in [-0.25, -0.2) is 4.98 Å². The summed E-state index contributed by atoms with van der Waals surface area (Å²) in [5, 5.41) is 13.7. The molecule has 196 valence electrons. The molecule has 0 saturated heterocycles. The summed E-state index contributed by atoms with van der Waals surface area (Å²) in [5.74, 6) is -0.693. The standard InChI is InChI=1S/C29H27N7O3/c37-27(31-15-16-32-28(38)21-5-2-1-3-6-21)19-36-18-22-17-23(9-10-25(22)35-36)33-29(39)26-8-4-7-24(34-26)20-11-13-30-14-12-20/h2,4-14,17-18H,1,3,15-16,19H2,(H,31,37)(H,32,38)(H,33,39). The Morgan fingerprint density at radius 3 is 2.59 bits per heavy atom. The van der Waals surface area contributed by atoms with Gasteiger partial charge < -0.3 is 16.0 Å². The molecule has 39 heavy (non-hydrogen) atoms. The average molecular weight is 522 g/mol. The van der Waals surface area contributed by atoms with E-state index < -0.39 is 0 Å². The van der Waals surface area contributed by atoms with Crippen molar-refractivity contribution in [2.75, 3.05) is 18.4 Å². The highest BCUT2D eigenvalue weighted by atomic mass is 16.2.